The van der Waals surface area contributed by atoms with Gasteiger partial charge in [-0.3, -0.25) is 0 Å². The molecule has 1 fully saturated rings. The predicted molar refractivity (Wildman–Crippen MR) is 81.9 cm³/mol. The van der Waals surface area contributed by atoms with Gasteiger partial charge in [-0.15, -0.1) is 0 Å². The molecule has 1 atom stereocenters. The first-order chi connectivity index (χ1) is 9.16. The van der Waals surface area contributed by atoms with E-state index < -0.39 is 0 Å². The normalized spacial score (nSPS) is 19.2. The lowest BCUT2D eigenvalue weighted by Crippen LogP contribution is -2.24. The van der Waals surface area contributed by atoms with Crippen LogP contribution in [0.2, 0.25) is 0 Å². The van der Waals surface area contributed by atoms with Crippen molar-refractivity contribution in [2.45, 2.75) is 25.3 Å². The minimum atomic E-state index is 0.570. The fourth-order valence-corrected chi connectivity index (χ4v) is 3.39. The summed E-state index contributed by atoms with van der Waals surface area (Å²) >= 11 is 3.61. The first-order valence-corrected chi connectivity index (χ1v) is 7.52. The Balaban J connectivity index is 2.04. The number of imidazole rings is 1. The van der Waals surface area contributed by atoms with Gasteiger partial charge in [0.2, 0.25) is 0 Å². The molecule has 1 N–H and O–H groups in total. The van der Waals surface area contributed by atoms with Crippen LogP contribution in [0, 0.1) is 0 Å². The average molecular weight is 323 g/mol. The molecule has 2 aromatic rings. The maximum absolute atomic E-state index is 4.71. The van der Waals surface area contributed by atoms with Crippen LogP contribution in [0.4, 0.5) is 5.69 Å². The van der Waals surface area contributed by atoms with Gasteiger partial charge < -0.3 is 14.6 Å². The van der Waals surface area contributed by atoms with Crippen LogP contribution in [0.15, 0.2) is 22.9 Å². The molecule has 2 aromatic heterocycles. The Kier molecular flexibility index (Phi) is 3.50. The number of anilines is 1. The Hall–Kier alpha value is -1.07. The van der Waals surface area contributed by atoms with Gasteiger partial charge >= 0.3 is 0 Å². The number of nitrogens with one attached hydrogen (secondary N) is 1. The maximum Gasteiger partial charge on any atom is 0.134 e. The van der Waals surface area contributed by atoms with E-state index in [0.29, 0.717) is 6.04 Å². The van der Waals surface area contributed by atoms with Crippen LogP contribution >= 0.6 is 15.9 Å². The van der Waals surface area contributed by atoms with Crippen molar-refractivity contribution in [1.82, 2.24) is 14.7 Å². The minimum Gasteiger partial charge on any atom is -0.376 e. The highest BCUT2D eigenvalue weighted by Crippen LogP contribution is 2.28. The second-order valence-electron chi connectivity index (χ2n) is 5.32. The zero-order valence-corrected chi connectivity index (χ0v) is 12.9. The van der Waals surface area contributed by atoms with E-state index in [1.807, 2.05) is 0 Å². The Morgan fingerprint density at radius 3 is 3.05 bits per heavy atom. The van der Waals surface area contributed by atoms with Gasteiger partial charge in [-0.25, -0.2) is 4.98 Å². The molecule has 19 heavy (non-hydrogen) atoms. The summed E-state index contributed by atoms with van der Waals surface area (Å²) < 4.78 is 3.14. The molecule has 0 saturated carbocycles. The summed E-state index contributed by atoms with van der Waals surface area (Å²) in [5.74, 6) is 1.13. The lowest BCUT2D eigenvalue weighted by atomic mass is 10.1. The highest BCUT2D eigenvalue weighted by Gasteiger charge is 2.19. The predicted octanol–water partition coefficient (Wildman–Crippen LogP) is 2.46. The number of halogens is 1. The number of pyridine rings is 1. The quantitative estimate of drug-likeness (QED) is 0.942. The van der Waals surface area contributed by atoms with E-state index in [-0.39, 0.29) is 0 Å². The first-order valence-electron chi connectivity index (χ1n) is 6.73. The number of nitrogens with zero attached hydrogens (tertiary/aromatic N) is 3. The Labute approximate surface area is 121 Å². The molecule has 102 valence electrons. The molecule has 1 aliphatic rings. The van der Waals surface area contributed by atoms with E-state index in [1.54, 1.807) is 0 Å². The van der Waals surface area contributed by atoms with E-state index in [9.17, 15) is 0 Å². The van der Waals surface area contributed by atoms with E-state index in [1.165, 1.54) is 18.5 Å². The molecule has 1 saturated heterocycles. The summed E-state index contributed by atoms with van der Waals surface area (Å²) in [5.41, 5.74) is 2.34. The second-order valence-corrected chi connectivity index (χ2v) is 6.07. The molecule has 5 heteroatoms. The molecule has 0 spiro atoms. The van der Waals surface area contributed by atoms with Crippen molar-refractivity contribution in [3.05, 3.63) is 28.8 Å². The van der Waals surface area contributed by atoms with Gasteiger partial charge in [-0.1, -0.05) is 0 Å². The van der Waals surface area contributed by atoms with Crippen molar-refractivity contribution in [3.8, 4) is 0 Å². The van der Waals surface area contributed by atoms with E-state index in [2.05, 4.69) is 63.0 Å². The Morgan fingerprint density at radius 2 is 2.37 bits per heavy atom. The first kappa shape index (κ1) is 12.9. The molecule has 0 aromatic carbocycles. The lowest BCUT2D eigenvalue weighted by Gasteiger charge is -2.15. The van der Waals surface area contributed by atoms with E-state index in [0.717, 1.165) is 28.9 Å². The third-order valence-electron chi connectivity index (χ3n) is 3.75. The summed E-state index contributed by atoms with van der Waals surface area (Å²) in [5, 5.41) is 3.54. The fourth-order valence-electron chi connectivity index (χ4n) is 2.79. The minimum absolute atomic E-state index is 0.570. The molecule has 4 nitrogen and oxygen atoms in total. The van der Waals surface area contributed by atoms with Crippen molar-refractivity contribution in [3.63, 3.8) is 0 Å². The molecule has 0 bridgehead atoms. The molecule has 1 aliphatic heterocycles. The van der Waals surface area contributed by atoms with Crippen molar-refractivity contribution < 1.29 is 0 Å². The van der Waals surface area contributed by atoms with Crippen LogP contribution < -0.4 is 10.2 Å². The largest absolute Gasteiger partial charge is 0.376 e. The summed E-state index contributed by atoms with van der Waals surface area (Å²) in [4.78, 5) is 6.83. The average Bonchev–Trinajstić information content (AvgIpc) is 2.99. The number of hydrogen-bond acceptors (Lipinski definition) is 3. The highest BCUT2D eigenvalue weighted by molar-refractivity contribution is 9.10. The van der Waals surface area contributed by atoms with Crippen LogP contribution in [0.5, 0.6) is 0 Å². The standard InChI is InChI=1S/C14H19BrN4/c1-18(2)11-6-4-8-19-12(17-14(15)13(11)19)9-10-5-3-7-16-10/h4,6,8,10,16H,3,5,7,9H2,1-2H3. The monoisotopic (exact) mass is 322 g/mol. The molecular formula is C14H19BrN4. The summed E-state index contributed by atoms with van der Waals surface area (Å²) in [6.45, 7) is 1.14. The number of fused-ring (bicyclic) bond motifs is 1. The molecule has 3 heterocycles. The van der Waals surface area contributed by atoms with Gasteiger partial charge in [-0.2, -0.15) is 0 Å². The van der Waals surface area contributed by atoms with Crippen molar-refractivity contribution >= 4 is 27.1 Å². The molecule has 1 unspecified atom stereocenters. The fraction of sp³-hybridized carbons (Fsp3) is 0.500. The summed E-state index contributed by atoms with van der Waals surface area (Å²) in [7, 11) is 4.12. The number of aromatic nitrogens is 2. The van der Waals surface area contributed by atoms with Gasteiger partial charge in [0.1, 0.15) is 15.9 Å². The summed E-state index contributed by atoms with van der Waals surface area (Å²) in [6.07, 6.45) is 5.62. The van der Waals surface area contributed by atoms with Crippen LogP contribution in [0.1, 0.15) is 18.7 Å². The van der Waals surface area contributed by atoms with Crippen molar-refractivity contribution in [2.24, 2.45) is 0 Å². The van der Waals surface area contributed by atoms with E-state index >= 15 is 0 Å². The van der Waals surface area contributed by atoms with Gasteiger partial charge in [0.05, 0.1) is 5.69 Å². The molecule has 0 radical (unpaired) electrons. The number of rotatable bonds is 3. The lowest BCUT2D eigenvalue weighted by molar-refractivity contribution is 0.584. The molecule has 0 amide bonds. The van der Waals surface area contributed by atoms with Crippen LogP contribution in [-0.4, -0.2) is 36.1 Å². The zero-order chi connectivity index (χ0) is 13.4. The maximum atomic E-state index is 4.71. The second kappa shape index (κ2) is 5.13. The van der Waals surface area contributed by atoms with Crippen molar-refractivity contribution in [1.29, 1.82) is 0 Å². The molecule has 3 rings (SSSR count). The third kappa shape index (κ3) is 2.37. The van der Waals surface area contributed by atoms with E-state index in [4.69, 9.17) is 4.98 Å². The Bertz CT molecular complexity index is 584. The SMILES string of the molecule is CN(C)c1cccn2c(CC3CCCN3)nc(Br)c12. The molecule has 0 aliphatic carbocycles. The topological polar surface area (TPSA) is 32.6 Å². The van der Waals surface area contributed by atoms with Gasteiger partial charge in [0.15, 0.2) is 0 Å². The van der Waals surface area contributed by atoms with Gasteiger partial charge in [-0.05, 0) is 47.4 Å². The van der Waals surface area contributed by atoms with Crippen LogP contribution in [-0.2, 0) is 6.42 Å². The third-order valence-corrected chi connectivity index (χ3v) is 4.30. The molecular weight excluding hydrogens is 304 g/mol. The van der Waals surface area contributed by atoms with Crippen LogP contribution in [0.3, 0.4) is 0 Å². The zero-order valence-electron chi connectivity index (χ0n) is 11.4. The highest BCUT2D eigenvalue weighted by atomic mass is 79.9. The van der Waals surface area contributed by atoms with Crippen LogP contribution in [0.25, 0.3) is 5.52 Å². The van der Waals surface area contributed by atoms with Gasteiger partial charge in [0, 0.05) is 32.8 Å². The summed E-state index contributed by atoms with van der Waals surface area (Å²) in [6, 6.07) is 4.78. The van der Waals surface area contributed by atoms with Crippen molar-refractivity contribution in [2.75, 3.05) is 25.5 Å². The smallest absolute Gasteiger partial charge is 0.134 e. The van der Waals surface area contributed by atoms with Gasteiger partial charge in [0.25, 0.3) is 0 Å². The Morgan fingerprint density at radius 1 is 1.53 bits per heavy atom. The number of hydrogen-bond donors (Lipinski definition) is 1.